The van der Waals surface area contributed by atoms with Gasteiger partial charge in [-0.05, 0) is 18.1 Å². The third kappa shape index (κ3) is 2.61. The molecule has 102 valence electrons. The summed E-state index contributed by atoms with van der Waals surface area (Å²) in [5.74, 6) is -0.375. The standard InChI is InChI=1S/C14H19N3O2/c1-9(2)10(7-15)14(19)17-8-13(18)16-11-5-3-4-6-12(11)17/h3-6,9-10H,7-8,15H2,1-2H3,(H,16,18). The molecule has 0 saturated carbocycles. The number of para-hydroxylation sites is 2. The molecule has 0 aromatic heterocycles. The van der Waals surface area contributed by atoms with Crippen molar-refractivity contribution in [1.29, 1.82) is 0 Å². The summed E-state index contributed by atoms with van der Waals surface area (Å²) in [5.41, 5.74) is 7.10. The maximum Gasteiger partial charge on any atom is 0.244 e. The number of nitrogens with one attached hydrogen (secondary N) is 1. The van der Waals surface area contributed by atoms with Crippen LogP contribution >= 0.6 is 0 Å². The third-order valence-corrected chi connectivity index (χ3v) is 3.41. The number of nitrogens with two attached hydrogens (primary N) is 1. The Morgan fingerprint density at radius 3 is 2.74 bits per heavy atom. The number of carbonyl (C=O) groups is 2. The number of anilines is 2. The van der Waals surface area contributed by atoms with E-state index in [0.29, 0.717) is 5.69 Å². The number of amides is 2. The number of hydrogen-bond acceptors (Lipinski definition) is 3. The van der Waals surface area contributed by atoms with Crippen LogP contribution in [0.4, 0.5) is 11.4 Å². The molecule has 0 aliphatic carbocycles. The zero-order valence-electron chi connectivity index (χ0n) is 11.2. The maximum absolute atomic E-state index is 12.5. The van der Waals surface area contributed by atoms with Gasteiger partial charge in [-0.2, -0.15) is 0 Å². The topological polar surface area (TPSA) is 75.4 Å². The highest BCUT2D eigenvalue weighted by Crippen LogP contribution is 2.30. The fraction of sp³-hybridized carbons (Fsp3) is 0.429. The van der Waals surface area contributed by atoms with Crippen molar-refractivity contribution < 1.29 is 9.59 Å². The van der Waals surface area contributed by atoms with E-state index < -0.39 is 0 Å². The van der Waals surface area contributed by atoms with Crippen molar-refractivity contribution in [1.82, 2.24) is 0 Å². The van der Waals surface area contributed by atoms with Crippen LogP contribution in [0.1, 0.15) is 13.8 Å². The largest absolute Gasteiger partial charge is 0.330 e. The van der Waals surface area contributed by atoms with Gasteiger partial charge in [0.25, 0.3) is 0 Å². The van der Waals surface area contributed by atoms with Gasteiger partial charge in [0, 0.05) is 6.54 Å². The Hall–Kier alpha value is -1.88. The molecule has 1 aromatic carbocycles. The highest BCUT2D eigenvalue weighted by molar-refractivity contribution is 6.10. The van der Waals surface area contributed by atoms with Crippen LogP contribution in [0.5, 0.6) is 0 Å². The molecule has 0 radical (unpaired) electrons. The van der Waals surface area contributed by atoms with Gasteiger partial charge in [0.15, 0.2) is 0 Å². The van der Waals surface area contributed by atoms with E-state index in [1.54, 1.807) is 6.07 Å². The molecule has 0 spiro atoms. The second kappa shape index (κ2) is 5.40. The second-order valence-corrected chi connectivity index (χ2v) is 5.08. The van der Waals surface area contributed by atoms with Gasteiger partial charge in [-0.3, -0.25) is 9.59 Å². The number of carbonyl (C=O) groups excluding carboxylic acids is 2. The SMILES string of the molecule is CC(C)C(CN)C(=O)N1CC(=O)Nc2ccccc21. The van der Waals surface area contributed by atoms with Gasteiger partial charge in [0.2, 0.25) is 11.8 Å². The predicted octanol–water partition coefficient (Wildman–Crippen LogP) is 1.20. The molecule has 0 fully saturated rings. The zero-order chi connectivity index (χ0) is 14.0. The van der Waals surface area contributed by atoms with Gasteiger partial charge in [-0.25, -0.2) is 0 Å². The second-order valence-electron chi connectivity index (χ2n) is 5.08. The monoisotopic (exact) mass is 261 g/mol. The van der Waals surface area contributed by atoms with E-state index in [1.165, 1.54) is 4.90 Å². The lowest BCUT2D eigenvalue weighted by atomic mass is 9.94. The van der Waals surface area contributed by atoms with Crippen LogP contribution in [0.3, 0.4) is 0 Å². The Kier molecular flexibility index (Phi) is 3.85. The fourth-order valence-corrected chi connectivity index (χ4v) is 2.29. The quantitative estimate of drug-likeness (QED) is 0.858. The van der Waals surface area contributed by atoms with E-state index in [0.717, 1.165) is 5.69 Å². The maximum atomic E-state index is 12.5. The molecule has 2 amide bonds. The van der Waals surface area contributed by atoms with Crippen LogP contribution < -0.4 is 16.0 Å². The van der Waals surface area contributed by atoms with Crippen LogP contribution in [-0.4, -0.2) is 24.9 Å². The number of benzene rings is 1. The van der Waals surface area contributed by atoms with Gasteiger partial charge in [-0.1, -0.05) is 26.0 Å². The van der Waals surface area contributed by atoms with Crippen molar-refractivity contribution in [2.75, 3.05) is 23.3 Å². The minimum absolute atomic E-state index is 0.0546. The van der Waals surface area contributed by atoms with Crippen molar-refractivity contribution in [2.24, 2.45) is 17.6 Å². The lowest BCUT2D eigenvalue weighted by molar-refractivity contribution is -0.125. The molecule has 19 heavy (non-hydrogen) atoms. The molecule has 5 nitrogen and oxygen atoms in total. The summed E-state index contributed by atoms with van der Waals surface area (Å²) in [5, 5.41) is 2.77. The Bertz CT molecular complexity index is 499. The Morgan fingerprint density at radius 2 is 2.11 bits per heavy atom. The molecule has 1 aromatic rings. The summed E-state index contributed by atoms with van der Waals surface area (Å²) in [6, 6.07) is 7.31. The Balaban J connectivity index is 2.35. The van der Waals surface area contributed by atoms with Gasteiger partial charge >= 0.3 is 0 Å². The minimum atomic E-state index is -0.265. The average molecular weight is 261 g/mol. The summed E-state index contributed by atoms with van der Waals surface area (Å²) >= 11 is 0. The number of hydrogen-bond donors (Lipinski definition) is 2. The summed E-state index contributed by atoms with van der Waals surface area (Å²) in [6.07, 6.45) is 0. The van der Waals surface area contributed by atoms with Gasteiger partial charge in [-0.15, -0.1) is 0 Å². The number of rotatable bonds is 3. The van der Waals surface area contributed by atoms with E-state index in [2.05, 4.69) is 5.32 Å². The van der Waals surface area contributed by atoms with Crippen molar-refractivity contribution >= 4 is 23.2 Å². The minimum Gasteiger partial charge on any atom is -0.330 e. The summed E-state index contributed by atoms with van der Waals surface area (Å²) in [4.78, 5) is 25.8. The average Bonchev–Trinajstić information content (AvgIpc) is 2.37. The summed E-state index contributed by atoms with van der Waals surface area (Å²) in [6.45, 7) is 4.27. The molecule has 0 saturated heterocycles. The first-order valence-corrected chi connectivity index (χ1v) is 6.45. The molecule has 1 aliphatic rings. The fourth-order valence-electron chi connectivity index (χ4n) is 2.29. The first kappa shape index (κ1) is 13.5. The molecular formula is C14H19N3O2. The lowest BCUT2D eigenvalue weighted by Crippen LogP contribution is -2.47. The molecule has 0 bridgehead atoms. The van der Waals surface area contributed by atoms with Crippen LogP contribution in [0.2, 0.25) is 0 Å². The number of fused-ring (bicyclic) bond motifs is 1. The summed E-state index contributed by atoms with van der Waals surface area (Å²) in [7, 11) is 0. The molecule has 1 aliphatic heterocycles. The molecule has 1 atom stereocenters. The van der Waals surface area contributed by atoms with E-state index in [1.807, 2.05) is 32.0 Å². The molecule has 3 N–H and O–H groups in total. The highest BCUT2D eigenvalue weighted by atomic mass is 16.2. The van der Waals surface area contributed by atoms with Gasteiger partial charge < -0.3 is 16.0 Å². The van der Waals surface area contributed by atoms with Crippen LogP contribution in [0, 0.1) is 11.8 Å². The van der Waals surface area contributed by atoms with E-state index in [9.17, 15) is 9.59 Å². The van der Waals surface area contributed by atoms with Crippen molar-refractivity contribution in [3.05, 3.63) is 24.3 Å². The first-order chi connectivity index (χ1) is 9.04. The Labute approximate surface area is 112 Å². The van der Waals surface area contributed by atoms with Crippen LogP contribution in [-0.2, 0) is 9.59 Å². The van der Waals surface area contributed by atoms with E-state index >= 15 is 0 Å². The molecule has 5 heteroatoms. The smallest absolute Gasteiger partial charge is 0.244 e. The molecular weight excluding hydrogens is 242 g/mol. The van der Waals surface area contributed by atoms with Gasteiger partial charge in [0.1, 0.15) is 6.54 Å². The Morgan fingerprint density at radius 1 is 1.42 bits per heavy atom. The molecule has 1 heterocycles. The summed E-state index contributed by atoms with van der Waals surface area (Å²) < 4.78 is 0. The lowest BCUT2D eigenvalue weighted by Gasteiger charge is -2.32. The van der Waals surface area contributed by atoms with Crippen LogP contribution in [0.25, 0.3) is 0 Å². The van der Waals surface area contributed by atoms with Crippen molar-refractivity contribution in [2.45, 2.75) is 13.8 Å². The van der Waals surface area contributed by atoms with Crippen molar-refractivity contribution in [3.8, 4) is 0 Å². The first-order valence-electron chi connectivity index (χ1n) is 6.45. The van der Waals surface area contributed by atoms with E-state index in [-0.39, 0.29) is 36.7 Å². The normalized spacial score (nSPS) is 16.0. The predicted molar refractivity (Wildman–Crippen MR) is 74.8 cm³/mol. The van der Waals surface area contributed by atoms with E-state index in [4.69, 9.17) is 5.73 Å². The number of nitrogens with zero attached hydrogens (tertiary/aromatic N) is 1. The van der Waals surface area contributed by atoms with Gasteiger partial charge in [0.05, 0.1) is 17.3 Å². The van der Waals surface area contributed by atoms with Crippen molar-refractivity contribution in [3.63, 3.8) is 0 Å². The highest BCUT2D eigenvalue weighted by Gasteiger charge is 2.32. The zero-order valence-corrected chi connectivity index (χ0v) is 11.2. The van der Waals surface area contributed by atoms with Crippen LogP contribution in [0.15, 0.2) is 24.3 Å². The third-order valence-electron chi connectivity index (χ3n) is 3.41. The molecule has 1 unspecified atom stereocenters. The molecule has 2 rings (SSSR count).